The minimum Gasteiger partial charge on any atom is -0.439 e. The molecule has 33 heavy (non-hydrogen) atoms. The van der Waals surface area contributed by atoms with Gasteiger partial charge in [0, 0.05) is 30.9 Å². The van der Waals surface area contributed by atoms with Crippen molar-refractivity contribution in [1.29, 1.82) is 0 Å². The molecule has 0 spiro atoms. The largest absolute Gasteiger partial charge is 0.439 e. The zero-order chi connectivity index (χ0) is 23.4. The number of ether oxygens (including phenoxy) is 1. The number of pyridine rings is 1. The van der Waals surface area contributed by atoms with E-state index in [1.165, 1.54) is 47.4 Å². The molecule has 1 aliphatic heterocycles. The number of rotatable bonds is 8. The lowest BCUT2D eigenvalue weighted by atomic mass is 10.1. The van der Waals surface area contributed by atoms with Gasteiger partial charge in [0.25, 0.3) is 17.7 Å². The Balaban J connectivity index is 1.41. The number of carbonyl (C=O) groups excluding carboxylic acids is 3. The Morgan fingerprint density at radius 3 is 2.55 bits per heavy atom. The van der Waals surface area contributed by atoms with E-state index < -0.39 is 0 Å². The van der Waals surface area contributed by atoms with E-state index in [1.807, 2.05) is 6.92 Å². The van der Waals surface area contributed by atoms with Crippen molar-refractivity contribution in [2.75, 3.05) is 6.54 Å². The molecule has 4 rings (SSSR count). The molecule has 1 aliphatic rings. The number of unbranched alkanes of at least 4 members (excludes halogenated alkanes) is 1. The third-order valence-electron chi connectivity index (χ3n) is 5.26. The van der Waals surface area contributed by atoms with E-state index in [0.29, 0.717) is 29.3 Å². The predicted molar refractivity (Wildman–Crippen MR) is 119 cm³/mol. The average molecular weight is 447 g/mol. The second-order valence-corrected chi connectivity index (χ2v) is 7.62. The van der Waals surface area contributed by atoms with Crippen LogP contribution in [0.25, 0.3) is 0 Å². The highest BCUT2D eigenvalue weighted by molar-refractivity contribution is 6.22. The number of nitrogens with one attached hydrogen (secondary N) is 1. The molecule has 8 heteroatoms. The molecule has 0 saturated heterocycles. The van der Waals surface area contributed by atoms with Gasteiger partial charge in [0.05, 0.1) is 11.1 Å². The summed E-state index contributed by atoms with van der Waals surface area (Å²) in [5, 5.41) is 2.79. The maximum Gasteiger partial charge on any atom is 0.261 e. The Bertz CT molecular complexity index is 1210. The molecule has 0 radical (unpaired) electrons. The van der Waals surface area contributed by atoms with E-state index in [1.54, 1.807) is 18.3 Å². The van der Waals surface area contributed by atoms with Gasteiger partial charge >= 0.3 is 0 Å². The maximum atomic E-state index is 13.0. The second-order valence-electron chi connectivity index (χ2n) is 7.62. The van der Waals surface area contributed by atoms with Crippen LogP contribution in [0.5, 0.6) is 11.6 Å². The van der Waals surface area contributed by atoms with Gasteiger partial charge in [0.2, 0.25) is 5.88 Å². The van der Waals surface area contributed by atoms with Gasteiger partial charge in [-0.15, -0.1) is 0 Å². The monoisotopic (exact) mass is 447 g/mol. The van der Waals surface area contributed by atoms with E-state index in [4.69, 9.17) is 4.74 Å². The van der Waals surface area contributed by atoms with Crippen molar-refractivity contribution in [3.8, 4) is 11.6 Å². The number of fused-ring (bicyclic) bond motifs is 1. The number of nitrogens with zero attached hydrogens (tertiary/aromatic N) is 2. The van der Waals surface area contributed by atoms with Gasteiger partial charge in [-0.2, -0.15) is 0 Å². The number of imide groups is 1. The average Bonchev–Trinajstić information content (AvgIpc) is 3.07. The highest BCUT2D eigenvalue weighted by Gasteiger charge is 2.35. The maximum absolute atomic E-state index is 13.0. The molecule has 0 bridgehead atoms. The molecule has 0 saturated carbocycles. The van der Waals surface area contributed by atoms with E-state index in [0.717, 1.165) is 18.4 Å². The quantitative estimate of drug-likeness (QED) is 0.519. The lowest BCUT2D eigenvalue weighted by Crippen LogP contribution is -2.30. The van der Waals surface area contributed by atoms with Crippen molar-refractivity contribution in [3.05, 3.63) is 88.9 Å². The van der Waals surface area contributed by atoms with Gasteiger partial charge in [0.1, 0.15) is 11.6 Å². The second kappa shape index (κ2) is 9.60. The summed E-state index contributed by atoms with van der Waals surface area (Å²) in [6.45, 7) is 2.56. The Morgan fingerprint density at radius 2 is 1.79 bits per heavy atom. The van der Waals surface area contributed by atoms with Crippen LogP contribution in [0.15, 0.2) is 60.8 Å². The summed E-state index contributed by atoms with van der Waals surface area (Å²) in [6.07, 6.45) is 3.15. The first kappa shape index (κ1) is 22.1. The Kier molecular flexibility index (Phi) is 6.44. The first-order valence-corrected chi connectivity index (χ1v) is 10.6. The number of hydrogen-bond donors (Lipinski definition) is 1. The Hall–Kier alpha value is -4.07. The molecule has 1 aromatic heterocycles. The fraction of sp³-hybridized carbons (Fsp3) is 0.200. The van der Waals surface area contributed by atoms with Crippen molar-refractivity contribution >= 4 is 17.7 Å². The number of halogens is 1. The zero-order valence-corrected chi connectivity index (χ0v) is 18.0. The molecule has 2 heterocycles. The third-order valence-corrected chi connectivity index (χ3v) is 5.26. The number of benzene rings is 2. The highest BCUT2D eigenvalue weighted by atomic mass is 19.1. The number of carbonyl (C=O) groups is 3. The first-order valence-electron chi connectivity index (χ1n) is 10.6. The SMILES string of the molecule is CCCCN1C(=O)c2ccc(C(=O)NCc3ccnc(Oc4ccc(F)cc4)c3)cc2C1=O. The van der Waals surface area contributed by atoms with Crippen molar-refractivity contribution in [2.45, 2.75) is 26.3 Å². The fourth-order valence-electron chi connectivity index (χ4n) is 3.48. The summed E-state index contributed by atoms with van der Waals surface area (Å²) in [6, 6.07) is 13.5. The van der Waals surface area contributed by atoms with Crippen LogP contribution < -0.4 is 10.1 Å². The van der Waals surface area contributed by atoms with Crippen molar-refractivity contribution < 1.29 is 23.5 Å². The number of aromatic nitrogens is 1. The number of amides is 3. The van der Waals surface area contributed by atoms with Crippen molar-refractivity contribution in [2.24, 2.45) is 0 Å². The van der Waals surface area contributed by atoms with Gasteiger partial charge in [-0.3, -0.25) is 19.3 Å². The molecule has 2 aromatic carbocycles. The molecule has 3 amide bonds. The summed E-state index contributed by atoms with van der Waals surface area (Å²) in [5.74, 6) is -0.672. The van der Waals surface area contributed by atoms with E-state index >= 15 is 0 Å². The first-order chi connectivity index (χ1) is 16.0. The summed E-state index contributed by atoms with van der Waals surface area (Å²) < 4.78 is 18.7. The van der Waals surface area contributed by atoms with Gasteiger partial charge < -0.3 is 10.1 Å². The lowest BCUT2D eigenvalue weighted by molar-refractivity contribution is 0.0652. The predicted octanol–water partition coefficient (Wildman–Crippen LogP) is 4.34. The highest BCUT2D eigenvalue weighted by Crippen LogP contribution is 2.25. The van der Waals surface area contributed by atoms with Crippen LogP contribution in [0.2, 0.25) is 0 Å². The molecule has 0 atom stereocenters. The lowest BCUT2D eigenvalue weighted by Gasteiger charge is -2.12. The molecular weight excluding hydrogens is 425 g/mol. The Morgan fingerprint density at radius 1 is 1.03 bits per heavy atom. The van der Waals surface area contributed by atoms with E-state index in [2.05, 4.69) is 10.3 Å². The minimum absolute atomic E-state index is 0.202. The van der Waals surface area contributed by atoms with E-state index in [9.17, 15) is 18.8 Å². The normalized spacial score (nSPS) is 12.6. The fourth-order valence-corrected chi connectivity index (χ4v) is 3.48. The molecule has 3 aromatic rings. The summed E-state index contributed by atoms with van der Waals surface area (Å²) >= 11 is 0. The van der Waals surface area contributed by atoms with Gasteiger partial charge in [0.15, 0.2) is 0 Å². The van der Waals surface area contributed by atoms with Gasteiger partial charge in [-0.1, -0.05) is 13.3 Å². The van der Waals surface area contributed by atoms with Crippen LogP contribution in [0.3, 0.4) is 0 Å². The molecule has 168 valence electrons. The van der Waals surface area contributed by atoms with Crippen LogP contribution in [0.1, 0.15) is 56.4 Å². The third kappa shape index (κ3) is 4.90. The molecule has 1 N–H and O–H groups in total. The van der Waals surface area contributed by atoms with Crippen LogP contribution in [-0.2, 0) is 6.54 Å². The van der Waals surface area contributed by atoms with Crippen molar-refractivity contribution in [3.63, 3.8) is 0 Å². The van der Waals surface area contributed by atoms with Gasteiger partial charge in [-0.25, -0.2) is 9.37 Å². The summed E-state index contributed by atoms with van der Waals surface area (Å²) in [7, 11) is 0. The van der Waals surface area contributed by atoms with Gasteiger partial charge in [-0.05, 0) is 60.5 Å². The van der Waals surface area contributed by atoms with E-state index in [-0.39, 0.29) is 35.6 Å². The molecular formula is C25H22FN3O4. The Labute approximate surface area is 190 Å². The minimum atomic E-state index is -0.372. The molecule has 0 aliphatic carbocycles. The molecule has 0 unspecified atom stereocenters. The summed E-state index contributed by atoms with van der Waals surface area (Å²) in [4.78, 5) is 43.1. The molecule has 7 nitrogen and oxygen atoms in total. The van der Waals surface area contributed by atoms with Crippen molar-refractivity contribution in [1.82, 2.24) is 15.2 Å². The van der Waals surface area contributed by atoms with Crippen LogP contribution >= 0.6 is 0 Å². The zero-order valence-electron chi connectivity index (χ0n) is 18.0. The summed E-state index contributed by atoms with van der Waals surface area (Å²) in [5.41, 5.74) is 1.62. The van der Waals surface area contributed by atoms with Crippen LogP contribution in [0, 0.1) is 5.82 Å². The topological polar surface area (TPSA) is 88.6 Å². The molecule has 0 fully saturated rings. The number of hydrogen-bond acceptors (Lipinski definition) is 5. The van der Waals surface area contributed by atoms with Crippen LogP contribution in [-0.4, -0.2) is 34.2 Å². The van der Waals surface area contributed by atoms with Crippen LogP contribution in [0.4, 0.5) is 4.39 Å². The smallest absolute Gasteiger partial charge is 0.261 e. The standard InChI is InChI=1S/C25H22FN3O4/c1-2-3-12-29-24(31)20-9-4-17(14-21(20)25(29)32)23(30)28-15-16-10-11-27-22(13-16)33-19-7-5-18(26)6-8-19/h4-11,13-14H,2-3,12,15H2,1H3,(H,28,30).